The summed E-state index contributed by atoms with van der Waals surface area (Å²) < 4.78 is 0. The summed E-state index contributed by atoms with van der Waals surface area (Å²) in [5.74, 6) is 0. The van der Waals surface area contributed by atoms with Gasteiger partial charge in [-0.1, -0.05) is 127 Å². The molecule has 300 valence electrons. The molecular formula is C57H42N6. The lowest BCUT2D eigenvalue weighted by molar-refractivity contribution is 1.32. The summed E-state index contributed by atoms with van der Waals surface area (Å²) in [4.78, 5) is 14.7. The van der Waals surface area contributed by atoms with Gasteiger partial charge in [-0.3, -0.25) is 15.0 Å². The number of hydrogen-bond donors (Lipinski definition) is 3. The summed E-state index contributed by atoms with van der Waals surface area (Å²) in [5, 5.41) is 0. The zero-order valence-electron chi connectivity index (χ0n) is 34.4. The molecule has 63 heavy (non-hydrogen) atoms. The van der Waals surface area contributed by atoms with Crippen LogP contribution in [-0.2, 0) is 0 Å². The molecule has 3 aromatic heterocycles. The molecule has 7 aromatic carbocycles. The minimum Gasteiger partial charge on any atom is -0.399 e. The Labute approximate surface area is 367 Å². The molecule has 0 amide bonds. The SMILES string of the molecule is Nc1ccc(-c2ccc(-c3ccccc3-c3cc(-c4ccccc4-c4ccc(-c5ccc(N)cc5)nc4)cc(-c4ccccc4-c4ccc(-c5ccc(N)cc5)nc4)c3)cn2)cc1. The molecule has 0 unspecified atom stereocenters. The predicted molar refractivity (Wildman–Crippen MR) is 262 cm³/mol. The van der Waals surface area contributed by atoms with Crippen LogP contribution in [0.5, 0.6) is 0 Å². The lowest BCUT2D eigenvalue weighted by Crippen LogP contribution is -1.93. The molecule has 0 spiro atoms. The van der Waals surface area contributed by atoms with Crippen molar-refractivity contribution in [3.63, 3.8) is 0 Å². The first-order chi connectivity index (χ1) is 30.9. The largest absolute Gasteiger partial charge is 0.399 e. The van der Waals surface area contributed by atoms with Crippen molar-refractivity contribution in [2.24, 2.45) is 0 Å². The van der Waals surface area contributed by atoms with E-state index in [9.17, 15) is 0 Å². The molecule has 0 bridgehead atoms. The monoisotopic (exact) mass is 810 g/mol. The maximum absolute atomic E-state index is 5.97. The molecule has 6 heteroatoms. The van der Waals surface area contributed by atoms with E-state index in [-0.39, 0.29) is 0 Å². The van der Waals surface area contributed by atoms with Gasteiger partial charge in [-0.05, 0) is 123 Å². The maximum atomic E-state index is 5.97. The second-order valence-corrected chi connectivity index (χ2v) is 15.6. The minimum absolute atomic E-state index is 0.726. The van der Waals surface area contributed by atoms with E-state index < -0.39 is 0 Å². The summed E-state index contributed by atoms with van der Waals surface area (Å²) in [5.41, 5.74) is 38.7. The van der Waals surface area contributed by atoms with Crippen LogP contribution in [0.3, 0.4) is 0 Å². The number of aromatic nitrogens is 3. The Hall–Kier alpha value is -8.61. The molecular weight excluding hydrogens is 769 g/mol. The van der Waals surface area contributed by atoms with Gasteiger partial charge in [0, 0.05) is 69.0 Å². The zero-order chi connectivity index (χ0) is 42.7. The van der Waals surface area contributed by atoms with Crippen molar-refractivity contribution in [1.82, 2.24) is 15.0 Å². The van der Waals surface area contributed by atoms with E-state index in [1.54, 1.807) is 0 Å². The van der Waals surface area contributed by atoms with Crippen molar-refractivity contribution < 1.29 is 0 Å². The quantitative estimate of drug-likeness (QED) is 0.125. The molecule has 0 saturated heterocycles. The second kappa shape index (κ2) is 16.8. The van der Waals surface area contributed by atoms with E-state index in [1.807, 2.05) is 91.4 Å². The highest BCUT2D eigenvalue weighted by molar-refractivity contribution is 5.94. The average Bonchev–Trinajstić information content (AvgIpc) is 3.35. The van der Waals surface area contributed by atoms with Crippen LogP contribution in [-0.4, -0.2) is 15.0 Å². The molecule has 6 nitrogen and oxygen atoms in total. The van der Waals surface area contributed by atoms with Crippen LogP contribution in [0, 0.1) is 0 Å². The molecule has 3 heterocycles. The Morgan fingerprint density at radius 2 is 0.444 bits per heavy atom. The number of pyridine rings is 3. The highest BCUT2D eigenvalue weighted by Crippen LogP contribution is 2.42. The van der Waals surface area contributed by atoms with Crippen molar-refractivity contribution in [1.29, 1.82) is 0 Å². The molecule has 0 aliphatic carbocycles. The van der Waals surface area contributed by atoms with Crippen molar-refractivity contribution in [3.05, 3.63) is 219 Å². The molecule has 10 aromatic rings. The van der Waals surface area contributed by atoms with Crippen molar-refractivity contribution in [3.8, 4) is 101 Å². The van der Waals surface area contributed by atoms with E-state index in [2.05, 4.69) is 127 Å². The fraction of sp³-hybridized carbons (Fsp3) is 0. The summed E-state index contributed by atoms with van der Waals surface area (Å²) in [6.07, 6.45) is 5.88. The summed E-state index contributed by atoms with van der Waals surface area (Å²) in [6.45, 7) is 0. The number of anilines is 3. The van der Waals surface area contributed by atoms with Crippen molar-refractivity contribution in [2.45, 2.75) is 0 Å². The Balaban J connectivity index is 1.10. The first kappa shape index (κ1) is 38.6. The number of hydrogen-bond acceptors (Lipinski definition) is 6. The molecule has 0 aliphatic rings. The smallest absolute Gasteiger partial charge is 0.0702 e. The Kier molecular flexibility index (Phi) is 10.3. The number of nitrogen functional groups attached to an aromatic ring is 3. The molecule has 6 N–H and O–H groups in total. The third-order valence-corrected chi connectivity index (χ3v) is 11.5. The Morgan fingerprint density at radius 1 is 0.222 bits per heavy atom. The van der Waals surface area contributed by atoms with Gasteiger partial charge < -0.3 is 17.2 Å². The van der Waals surface area contributed by atoms with Gasteiger partial charge in [0.05, 0.1) is 17.1 Å². The van der Waals surface area contributed by atoms with Crippen LogP contribution < -0.4 is 17.2 Å². The standard InChI is InChI=1S/C57H42N6/c58-46-22-13-37(14-23-46)55-28-19-40(34-61-55)49-7-1-4-10-52(49)43-31-44(53-11-5-2-8-50(53)41-20-29-56(62-35-41)38-15-24-47(59)25-16-38)33-45(32-43)54-12-6-3-9-51(54)42-21-30-57(63-36-42)39-17-26-48(60)27-18-39/h1-36H,58-60H2. The Bertz CT molecular complexity index is 2830. The first-order valence-corrected chi connectivity index (χ1v) is 20.8. The molecule has 0 fully saturated rings. The van der Waals surface area contributed by atoms with E-state index in [0.29, 0.717) is 0 Å². The third kappa shape index (κ3) is 8.04. The van der Waals surface area contributed by atoms with Crippen LogP contribution in [0.4, 0.5) is 17.1 Å². The van der Waals surface area contributed by atoms with Crippen LogP contribution in [0.2, 0.25) is 0 Å². The second-order valence-electron chi connectivity index (χ2n) is 15.6. The Morgan fingerprint density at radius 3 is 0.667 bits per heavy atom. The van der Waals surface area contributed by atoms with Gasteiger partial charge in [-0.2, -0.15) is 0 Å². The fourth-order valence-corrected chi connectivity index (χ4v) is 8.19. The maximum Gasteiger partial charge on any atom is 0.0702 e. The van der Waals surface area contributed by atoms with Crippen molar-refractivity contribution in [2.75, 3.05) is 17.2 Å². The third-order valence-electron chi connectivity index (χ3n) is 11.5. The van der Waals surface area contributed by atoms with Crippen LogP contribution in [0.15, 0.2) is 219 Å². The van der Waals surface area contributed by atoms with E-state index in [0.717, 1.165) is 118 Å². The zero-order valence-corrected chi connectivity index (χ0v) is 34.4. The molecule has 0 atom stereocenters. The van der Waals surface area contributed by atoms with Gasteiger partial charge in [0.25, 0.3) is 0 Å². The molecule has 0 saturated carbocycles. The average molecular weight is 811 g/mol. The molecule has 0 aliphatic heterocycles. The van der Waals surface area contributed by atoms with E-state index in [1.165, 1.54) is 0 Å². The van der Waals surface area contributed by atoms with Gasteiger partial charge in [0.15, 0.2) is 0 Å². The van der Waals surface area contributed by atoms with E-state index in [4.69, 9.17) is 32.2 Å². The lowest BCUT2D eigenvalue weighted by Gasteiger charge is -2.18. The van der Waals surface area contributed by atoms with Crippen molar-refractivity contribution >= 4 is 17.1 Å². The summed E-state index contributed by atoms with van der Waals surface area (Å²) >= 11 is 0. The molecule has 0 radical (unpaired) electrons. The minimum atomic E-state index is 0.726. The van der Waals surface area contributed by atoms with E-state index >= 15 is 0 Å². The van der Waals surface area contributed by atoms with Gasteiger partial charge in [0.2, 0.25) is 0 Å². The summed E-state index contributed by atoms with van der Waals surface area (Å²) in [6, 6.07) is 68.7. The lowest BCUT2D eigenvalue weighted by atomic mass is 9.86. The van der Waals surface area contributed by atoms with Gasteiger partial charge in [-0.15, -0.1) is 0 Å². The number of nitrogens with zero attached hydrogens (tertiary/aromatic N) is 3. The van der Waals surface area contributed by atoms with Crippen LogP contribution in [0.1, 0.15) is 0 Å². The fourth-order valence-electron chi connectivity index (χ4n) is 8.19. The summed E-state index contributed by atoms with van der Waals surface area (Å²) in [7, 11) is 0. The topological polar surface area (TPSA) is 117 Å². The number of benzene rings is 7. The number of rotatable bonds is 9. The highest BCUT2D eigenvalue weighted by Gasteiger charge is 2.17. The first-order valence-electron chi connectivity index (χ1n) is 20.8. The molecule has 10 rings (SSSR count). The van der Waals surface area contributed by atoms with Gasteiger partial charge in [-0.25, -0.2) is 0 Å². The normalized spacial score (nSPS) is 11.0. The van der Waals surface area contributed by atoms with Gasteiger partial charge in [0.1, 0.15) is 0 Å². The highest BCUT2D eigenvalue weighted by atomic mass is 14.7. The van der Waals surface area contributed by atoms with Crippen LogP contribution in [0.25, 0.3) is 101 Å². The van der Waals surface area contributed by atoms with Crippen LogP contribution >= 0.6 is 0 Å². The number of nitrogens with two attached hydrogens (primary N) is 3. The van der Waals surface area contributed by atoms with Gasteiger partial charge >= 0.3 is 0 Å². The predicted octanol–water partition coefficient (Wildman–Crippen LogP) is 13.6.